The fraction of sp³-hybridized carbons (Fsp3) is 0.357. The lowest BCUT2D eigenvalue weighted by atomic mass is 10.0. The fourth-order valence-electron chi connectivity index (χ4n) is 1.86. The van der Waals surface area contributed by atoms with Crippen molar-refractivity contribution in [3.8, 4) is 17.0 Å². The molecule has 0 saturated heterocycles. The molecule has 0 bridgehead atoms. The van der Waals surface area contributed by atoms with Gasteiger partial charge in [0.15, 0.2) is 4.47 Å². The Kier molecular flexibility index (Phi) is 4.71. The van der Waals surface area contributed by atoms with Gasteiger partial charge >= 0.3 is 0 Å². The number of rotatable bonds is 4. The maximum atomic E-state index is 6.05. The van der Waals surface area contributed by atoms with E-state index in [1.165, 1.54) is 16.2 Å². The summed E-state index contributed by atoms with van der Waals surface area (Å²) in [4.78, 5) is 5.62. The number of nitrogens with zero attached hydrogens (tertiary/aromatic N) is 1. The molecule has 0 aliphatic rings. The third-order valence-electron chi connectivity index (χ3n) is 2.69. The molecule has 19 heavy (non-hydrogen) atoms. The van der Waals surface area contributed by atoms with Crippen molar-refractivity contribution in [1.29, 1.82) is 0 Å². The average molecular weight is 316 g/mol. The topological polar surface area (TPSA) is 22.1 Å². The maximum Gasteiger partial charge on any atom is 0.184 e. The predicted octanol–water partition coefficient (Wildman–Crippen LogP) is 5.32. The Bertz CT molecular complexity index is 581. The van der Waals surface area contributed by atoms with Gasteiger partial charge in [0.25, 0.3) is 0 Å². The number of benzene rings is 1. The molecule has 0 aliphatic heterocycles. The lowest BCUT2D eigenvalue weighted by Gasteiger charge is -2.08. The smallest absolute Gasteiger partial charge is 0.184 e. The van der Waals surface area contributed by atoms with Crippen molar-refractivity contribution in [2.45, 2.75) is 20.3 Å². The number of hydrogen-bond acceptors (Lipinski definition) is 3. The fourth-order valence-corrected chi connectivity index (χ4v) is 3.44. The molecule has 0 fully saturated rings. The predicted molar refractivity (Wildman–Crippen MR) is 82.7 cm³/mol. The lowest BCUT2D eigenvalue weighted by Crippen LogP contribution is -1.94. The number of aromatic nitrogens is 1. The number of halogens is 2. The van der Waals surface area contributed by atoms with E-state index in [1.54, 1.807) is 7.11 Å². The van der Waals surface area contributed by atoms with Crippen LogP contribution in [0.15, 0.2) is 18.2 Å². The standard InChI is InChI=1S/C14H15Cl2NOS/c1-8(2)6-12-13(17-14(16)19-12)9-4-5-10(15)11(7-9)18-3/h4-5,7-8H,6H2,1-3H3. The van der Waals surface area contributed by atoms with Crippen molar-refractivity contribution in [2.75, 3.05) is 7.11 Å². The molecule has 102 valence electrons. The Morgan fingerprint density at radius 1 is 1.32 bits per heavy atom. The van der Waals surface area contributed by atoms with Gasteiger partial charge < -0.3 is 4.74 Å². The molecule has 0 aliphatic carbocycles. The molecule has 0 radical (unpaired) electrons. The van der Waals surface area contributed by atoms with Gasteiger partial charge in [-0.05, 0) is 24.5 Å². The summed E-state index contributed by atoms with van der Waals surface area (Å²) >= 11 is 13.6. The molecule has 1 aromatic carbocycles. The van der Waals surface area contributed by atoms with E-state index < -0.39 is 0 Å². The Balaban J connectivity index is 2.46. The van der Waals surface area contributed by atoms with E-state index in [-0.39, 0.29) is 0 Å². The minimum Gasteiger partial charge on any atom is -0.495 e. The van der Waals surface area contributed by atoms with Gasteiger partial charge in [-0.1, -0.05) is 43.1 Å². The van der Waals surface area contributed by atoms with E-state index >= 15 is 0 Å². The van der Waals surface area contributed by atoms with Crippen LogP contribution in [0.5, 0.6) is 5.75 Å². The quantitative estimate of drug-likeness (QED) is 0.761. The molecular weight excluding hydrogens is 301 g/mol. The first-order chi connectivity index (χ1) is 9.01. The van der Waals surface area contributed by atoms with Gasteiger partial charge in [-0.25, -0.2) is 4.98 Å². The van der Waals surface area contributed by atoms with Crippen molar-refractivity contribution in [3.63, 3.8) is 0 Å². The van der Waals surface area contributed by atoms with Crippen LogP contribution in [0, 0.1) is 5.92 Å². The number of methoxy groups -OCH3 is 1. The summed E-state index contributed by atoms with van der Waals surface area (Å²) in [5, 5.41) is 0.595. The van der Waals surface area contributed by atoms with Gasteiger partial charge in [-0.2, -0.15) is 0 Å². The summed E-state index contributed by atoms with van der Waals surface area (Å²) in [7, 11) is 1.61. The maximum absolute atomic E-state index is 6.05. The minimum atomic E-state index is 0.560. The molecule has 2 aromatic rings. The molecule has 0 saturated carbocycles. The van der Waals surface area contributed by atoms with Crippen LogP contribution in [-0.4, -0.2) is 12.1 Å². The van der Waals surface area contributed by atoms with Crippen molar-refractivity contribution < 1.29 is 4.74 Å². The first-order valence-corrected chi connectivity index (χ1v) is 7.57. The molecule has 0 N–H and O–H groups in total. The molecule has 2 rings (SSSR count). The number of ether oxygens (including phenoxy) is 1. The van der Waals surface area contributed by atoms with E-state index in [2.05, 4.69) is 18.8 Å². The summed E-state index contributed by atoms with van der Waals surface area (Å²) in [6.07, 6.45) is 0.963. The second-order valence-electron chi connectivity index (χ2n) is 4.69. The van der Waals surface area contributed by atoms with E-state index in [0.717, 1.165) is 17.7 Å². The third kappa shape index (κ3) is 3.41. The third-order valence-corrected chi connectivity index (χ3v) is 4.18. The zero-order chi connectivity index (χ0) is 14.0. The van der Waals surface area contributed by atoms with Crippen molar-refractivity contribution >= 4 is 34.5 Å². The summed E-state index contributed by atoms with van der Waals surface area (Å²) in [5.41, 5.74) is 1.92. The van der Waals surface area contributed by atoms with Crippen molar-refractivity contribution in [1.82, 2.24) is 4.98 Å². The van der Waals surface area contributed by atoms with E-state index in [9.17, 15) is 0 Å². The van der Waals surface area contributed by atoms with Crippen molar-refractivity contribution in [2.24, 2.45) is 5.92 Å². The highest BCUT2D eigenvalue weighted by atomic mass is 35.5. The Morgan fingerprint density at radius 3 is 2.68 bits per heavy atom. The molecule has 0 atom stereocenters. The molecule has 1 heterocycles. The summed E-state index contributed by atoms with van der Waals surface area (Å²) in [6.45, 7) is 4.36. The SMILES string of the molecule is COc1cc(-c2nc(Cl)sc2CC(C)C)ccc1Cl. The van der Waals surface area contributed by atoms with Crippen LogP contribution in [0.2, 0.25) is 9.49 Å². The van der Waals surface area contributed by atoms with E-state index in [1.807, 2.05) is 18.2 Å². The van der Waals surface area contributed by atoms with Crippen LogP contribution in [-0.2, 0) is 6.42 Å². The summed E-state index contributed by atoms with van der Waals surface area (Å²) in [6, 6.07) is 5.67. The summed E-state index contributed by atoms with van der Waals surface area (Å²) < 4.78 is 5.81. The van der Waals surface area contributed by atoms with Crippen LogP contribution < -0.4 is 4.74 Å². The molecule has 0 spiro atoms. The molecule has 0 amide bonds. The molecule has 0 unspecified atom stereocenters. The first-order valence-electron chi connectivity index (χ1n) is 6.00. The van der Waals surface area contributed by atoms with E-state index in [0.29, 0.717) is 21.2 Å². The summed E-state index contributed by atoms with van der Waals surface area (Å²) in [5.74, 6) is 1.21. The van der Waals surface area contributed by atoms with Gasteiger partial charge in [-0.15, -0.1) is 11.3 Å². The zero-order valence-corrected chi connectivity index (χ0v) is 13.4. The Morgan fingerprint density at radius 2 is 2.05 bits per heavy atom. The van der Waals surface area contributed by atoms with Crippen LogP contribution in [0.25, 0.3) is 11.3 Å². The minimum absolute atomic E-state index is 0.560. The van der Waals surface area contributed by atoms with Gasteiger partial charge in [0.05, 0.1) is 17.8 Å². The van der Waals surface area contributed by atoms with Gasteiger partial charge in [0, 0.05) is 10.4 Å². The number of thiazole rings is 1. The number of hydrogen-bond donors (Lipinski definition) is 0. The molecule has 2 nitrogen and oxygen atoms in total. The zero-order valence-electron chi connectivity index (χ0n) is 11.0. The Labute approximate surface area is 127 Å². The Hall–Kier alpha value is -0.770. The molecular formula is C14H15Cl2NOS. The van der Waals surface area contributed by atoms with Crippen LogP contribution in [0.1, 0.15) is 18.7 Å². The monoisotopic (exact) mass is 315 g/mol. The van der Waals surface area contributed by atoms with Crippen LogP contribution >= 0.6 is 34.5 Å². The highest BCUT2D eigenvalue weighted by Crippen LogP contribution is 2.36. The average Bonchev–Trinajstić information content (AvgIpc) is 2.70. The van der Waals surface area contributed by atoms with Crippen LogP contribution in [0.4, 0.5) is 0 Å². The second-order valence-corrected chi connectivity index (χ2v) is 6.76. The lowest BCUT2D eigenvalue weighted by molar-refractivity contribution is 0.415. The highest BCUT2D eigenvalue weighted by Gasteiger charge is 2.15. The molecule has 5 heteroatoms. The normalized spacial score (nSPS) is 11.1. The van der Waals surface area contributed by atoms with Gasteiger partial charge in [-0.3, -0.25) is 0 Å². The second kappa shape index (κ2) is 6.12. The molecule has 1 aromatic heterocycles. The van der Waals surface area contributed by atoms with Crippen molar-refractivity contribution in [3.05, 3.63) is 32.6 Å². The first kappa shape index (κ1) is 14.6. The van der Waals surface area contributed by atoms with E-state index in [4.69, 9.17) is 27.9 Å². The highest BCUT2D eigenvalue weighted by molar-refractivity contribution is 7.16. The van der Waals surface area contributed by atoms with Crippen LogP contribution in [0.3, 0.4) is 0 Å². The largest absolute Gasteiger partial charge is 0.495 e. The van der Waals surface area contributed by atoms with Gasteiger partial charge in [0.1, 0.15) is 5.75 Å². The van der Waals surface area contributed by atoms with Gasteiger partial charge in [0.2, 0.25) is 0 Å².